The normalized spacial score (nSPS) is 14.5. The van der Waals surface area contributed by atoms with Crippen molar-refractivity contribution in [1.82, 2.24) is 9.88 Å². The van der Waals surface area contributed by atoms with Crippen LogP contribution in [0.25, 0.3) is 0 Å². The van der Waals surface area contributed by atoms with Crippen molar-refractivity contribution < 1.29 is 18.5 Å². The molecule has 25 heavy (non-hydrogen) atoms. The summed E-state index contributed by atoms with van der Waals surface area (Å²) in [4.78, 5) is 29.6. The number of carbonyl (C=O) groups is 1. The Hall–Kier alpha value is -3.10. The maximum Gasteiger partial charge on any atom is 0.363 e. The minimum atomic E-state index is -0.882. The van der Waals surface area contributed by atoms with Crippen molar-refractivity contribution in [3.8, 4) is 0 Å². The van der Waals surface area contributed by atoms with E-state index in [1.54, 1.807) is 6.07 Å². The summed E-state index contributed by atoms with van der Waals surface area (Å²) in [7, 11) is 0. The molecule has 9 heteroatoms. The lowest BCUT2D eigenvalue weighted by Crippen LogP contribution is -2.49. The molecule has 3 rings (SSSR count). The van der Waals surface area contributed by atoms with E-state index in [4.69, 9.17) is 0 Å². The van der Waals surface area contributed by atoms with Crippen LogP contribution < -0.4 is 4.90 Å². The highest BCUT2D eigenvalue weighted by atomic mass is 19.1. The summed E-state index contributed by atoms with van der Waals surface area (Å²) in [6, 6.07) is 5.80. The summed E-state index contributed by atoms with van der Waals surface area (Å²) in [5.74, 6) is -2.33. The molecule has 1 aromatic heterocycles. The Morgan fingerprint density at radius 3 is 2.40 bits per heavy atom. The second-order valence-electron chi connectivity index (χ2n) is 5.54. The third kappa shape index (κ3) is 3.54. The molecule has 1 aliphatic heterocycles. The number of hydrogen-bond donors (Lipinski definition) is 0. The van der Waals surface area contributed by atoms with Crippen LogP contribution in [-0.2, 0) is 0 Å². The van der Waals surface area contributed by atoms with Crippen molar-refractivity contribution in [1.29, 1.82) is 0 Å². The van der Waals surface area contributed by atoms with Gasteiger partial charge >= 0.3 is 5.82 Å². The molecule has 0 aliphatic carbocycles. The van der Waals surface area contributed by atoms with Crippen molar-refractivity contribution in [2.75, 3.05) is 31.1 Å². The van der Waals surface area contributed by atoms with Gasteiger partial charge in [-0.2, -0.15) is 0 Å². The molecule has 1 amide bonds. The van der Waals surface area contributed by atoms with E-state index in [1.807, 2.05) is 4.90 Å². The predicted molar refractivity (Wildman–Crippen MR) is 85.4 cm³/mol. The summed E-state index contributed by atoms with van der Waals surface area (Å²) >= 11 is 0. The van der Waals surface area contributed by atoms with E-state index in [0.717, 1.165) is 12.1 Å². The first-order valence-electron chi connectivity index (χ1n) is 7.55. The molecule has 0 bridgehead atoms. The molecule has 1 saturated heterocycles. The smallest absolute Gasteiger partial charge is 0.363 e. The van der Waals surface area contributed by atoms with Gasteiger partial charge < -0.3 is 19.9 Å². The molecule has 0 N–H and O–H groups in total. The Bertz CT molecular complexity index is 806. The average molecular weight is 348 g/mol. The number of aromatic nitrogens is 1. The number of nitro groups is 1. The molecule has 7 nitrogen and oxygen atoms in total. The summed E-state index contributed by atoms with van der Waals surface area (Å²) in [5, 5.41) is 10.6. The fourth-order valence-corrected chi connectivity index (χ4v) is 2.67. The first-order chi connectivity index (χ1) is 12.0. The molecule has 1 fully saturated rings. The summed E-state index contributed by atoms with van der Waals surface area (Å²) in [6.07, 6.45) is 1.41. The number of pyridine rings is 1. The molecule has 130 valence electrons. The lowest BCUT2D eigenvalue weighted by molar-refractivity contribution is -0.389. The van der Waals surface area contributed by atoms with Crippen molar-refractivity contribution in [2.45, 2.75) is 0 Å². The first kappa shape index (κ1) is 16.7. The number of benzene rings is 1. The highest BCUT2D eigenvalue weighted by Gasteiger charge is 2.25. The van der Waals surface area contributed by atoms with Crippen molar-refractivity contribution in [3.05, 3.63) is 63.8 Å². The third-order valence-electron chi connectivity index (χ3n) is 4.01. The molecule has 0 radical (unpaired) electrons. The molecule has 1 aromatic carbocycles. The SMILES string of the molecule is O=C(c1ccc(F)cc1F)N1CCN(c2ccc([N+](=O)[O-])nc2)CC1. The largest absolute Gasteiger partial charge is 0.365 e. The van der Waals surface area contributed by atoms with Crippen LogP contribution in [-0.4, -0.2) is 46.9 Å². The Morgan fingerprint density at radius 2 is 1.84 bits per heavy atom. The van der Waals surface area contributed by atoms with Gasteiger partial charge in [0.1, 0.15) is 11.6 Å². The van der Waals surface area contributed by atoms with Crippen LogP contribution in [0.3, 0.4) is 0 Å². The Kier molecular flexibility index (Phi) is 4.55. The maximum atomic E-state index is 13.7. The van der Waals surface area contributed by atoms with Gasteiger partial charge in [0.2, 0.25) is 0 Å². The minimum absolute atomic E-state index is 0.160. The number of nitrogens with zero attached hydrogens (tertiary/aromatic N) is 4. The molecule has 0 unspecified atom stereocenters. The quantitative estimate of drug-likeness (QED) is 0.628. The predicted octanol–water partition coefficient (Wildman–Crippen LogP) is 2.23. The third-order valence-corrected chi connectivity index (χ3v) is 4.01. The number of hydrogen-bond acceptors (Lipinski definition) is 5. The molecule has 0 spiro atoms. The van der Waals surface area contributed by atoms with Gasteiger partial charge in [-0.15, -0.1) is 0 Å². The van der Waals surface area contributed by atoms with E-state index in [2.05, 4.69) is 4.98 Å². The molecule has 1 aliphatic rings. The molecule has 2 aromatic rings. The van der Waals surface area contributed by atoms with Gasteiger partial charge in [-0.25, -0.2) is 8.78 Å². The number of carbonyl (C=O) groups excluding carboxylic acids is 1. The fraction of sp³-hybridized carbons (Fsp3) is 0.250. The van der Waals surface area contributed by atoms with Crippen LogP contribution >= 0.6 is 0 Å². The number of rotatable bonds is 3. The van der Waals surface area contributed by atoms with Gasteiger partial charge in [-0.1, -0.05) is 0 Å². The summed E-state index contributed by atoms with van der Waals surface area (Å²) in [5.41, 5.74) is 0.553. The van der Waals surface area contributed by atoms with Gasteiger partial charge in [-0.3, -0.25) is 4.79 Å². The van der Waals surface area contributed by atoms with Gasteiger partial charge in [-0.05, 0) is 28.1 Å². The van der Waals surface area contributed by atoms with Gasteiger partial charge in [0, 0.05) is 38.3 Å². The van der Waals surface area contributed by atoms with Crippen molar-refractivity contribution >= 4 is 17.4 Å². The molecule has 2 heterocycles. The summed E-state index contributed by atoms with van der Waals surface area (Å²) in [6.45, 7) is 1.67. The molecule has 0 atom stereocenters. The second kappa shape index (κ2) is 6.80. The van der Waals surface area contributed by atoms with Crippen LogP contribution in [0.5, 0.6) is 0 Å². The molecular formula is C16H14F2N4O3. The number of anilines is 1. The maximum absolute atomic E-state index is 13.7. The average Bonchev–Trinajstić information content (AvgIpc) is 2.61. The molecule has 0 saturated carbocycles. The Labute approximate surface area is 141 Å². The number of amides is 1. The zero-order valence-corrected chi connectivity index (χ0v) is 13.1. The fourth-order valence-electron chi connectivity index (χ4n) is 2.67. The number of halogens is 2. The topological polar surface area (TPSA) is 79.6 Å². The van der Waals surface area contributed by atoms with E-state index in [0.29, 0.717) is 37.9 Å². The monoisotopic (exact) mass is 348 g/mol. The van der Waals surface area contributed by atoms with Crippen molar-refractivity contribution in [2.24, 2.45) is 0 Å². The van der Waals surface area contributed by atoms with E-state index in [1.165, 1.54) is 17.2 Å². The summed E-state index contributed by atoms with van der Waals surface area (Å²) < 4.78 is 26.7. The number of piperazine rings is 1. The van der Waals surface area contributed by atoms with Gasteiger partial charge in [0.25, 0.3) is 5.91 Å². The van der Waals surface area contributed by atoms with Crippen LogP contribution in [0.15, 0.2) is 36.5 Å². The van der Waals surface area contributed by atoms with E-state index >= 15 is 0 Å². The van der Waals surface area contributed by atoms with Crippen LogP contribution in [0.2, 0.25) is 0 Å². The second-order valence-corrected chi connectivity index (χ2v) is 5.54. The van der Waals surface area contributed by atoms with Crippen LogP contribution in [0, 0.1) is 21.7 Å². The Morgan fingerprint density at radius 1 is 1.12 bits per heavy atom. The van der Waals surface area contributed by atoms with Gasteiger partial charge in [0.15, 0.2) is 6.20 Å². The lowest BCUT2D eigenvalue weighted by Gasteiger charge is -2.35. The van der Waals surface area contributed by atoms with Crippen molar-refractivity contribution in [3.63, 3.8) is 0 Å². The van der Waals surface area contributed by atoms with E-state index in [-0.39, 0.29) is 11.4 Å². The van der Waals surface area contributed by atoms with Crippen LogP contribution in [0.1, 0.15) is 10.4 Å². The van der Waals surface area contributed by atoms with E-state index in [9.17, 15) is 23.7 Å². The van der Waals surface area contributed by atoms with Crippen LogP contribution in [0.4, 0.5) is 20.3 Å². The highest BCUT2D eigenvalue weighted by Crippen LogP contribution is 2.19. The van der Waals surface area contributed by atoms with Gasteiger partial charge in [0.05, 0.1) is 11.3 Å². The zero-order valence-electron chi connectivity index (χ0n) is 13.1. The standard InChI is InChI=1S/C16H14F2N4O3/c17-11-1-3-13(14(18)9-11)16(23)21-7-5-20(6-8-21)12-2-4-15(19-10-12)22(24)25/h1-4,9-10H,5-8H2. The first-order valence-corrected chi connectivity index (χ1v) is 7.55. The zero-order chi connectivity index (χ0) is 18.0. The Balaban J connectivity index is 1.65. The van der Waals surface area contributed by atoms with E-state index < -0.39 is 22.5 Å². The lowest BCUT2D eigenvalue weighted by atomic mass is 10.1. The minimum Gasteiger partial charge on any atom is -0.365 e. The molecular weight excluding hydrogens is 334 g/mol. The highest BCUT2D eigenvalue weighted by molar-refractivity contribution is 5.94.